The molecule has 9 nitrogen and oxygen atoms in total. The number of alkyl halides is 4. The molecule has 226 valence electrons. The van der Waals surface area contributed by atoms with Gasteiger partial charge < -0.3 is 24.8 Å². The number of hydrogen-bond acceptors (Lipinski definition) is 9. The monoisotopic (exact) mass is 582 g/mol. The number of anilines is 2. The molecule has 2 aromatic heterocycles. The molecule has 0 spiro atoms. The molecule has 0 amide bonds. The third-order valence-electron chi connectivity index (χ3n) is 8.09. The molecule has 4 aliphatic rings. The first-order chi connectivity index (χ1) is 19.5. The Kier molecular flexibility index (Phi) is 8.86. The summed E-state index contributed by atoms with van der Waals surface area (Å²) in [7, 11) is 1.46. The Balaban J connectivity index is 0.000000315. The molecule has 13 heteroatoms. The summed E-state index contributed by atoms with van der Waals surface area (Å²) in [5, 5.41) is 0. The lowest BCUT2D eigenvalue weighted by Crippen LogP contribution is -2.33. The molecule has 0 radical (unpaired) electrons. The van der Waals surface area contributed by atoms with Gasteiger partial charge in [0.05, 0.1) is 43.9 Å². The summed E-state index contributed by atoms with van der Waals surface area (Å²) >= 11 is 0. The first-order valence-corrected chi connectivity index (χ1v) is 14.1. The normalized spacial score (nSPS) is 26.6. The van der Waals surface area contributed by atoms with Crippen molar-refractivity contribution in [2.75, 3.05) is 57.1 Å². The van der Waals surface area contributed by atoms with E-state index in [-0.39, 0.29) is 36.1 Å². The number of rotatable bonds is 3. The number of hydrogen-bond donors (Lipinski definition) is 1. The minimum atomic E-state index is -4.58. The Hall–Kier alpha value is -2.77. The largest absolute Gasteiger partial charge is 0.467 e. The van der Waals surface area contributed by atoms with Crippen molar-refractivity contribution in [3.8, 4) is 6.01 Å². The number of nitrogen functional groups attached to an aromatic ring is 1. The van der Waals surface area contributed by atoms with E-state index in [0.29, 0.717) is 49.8 Å². The van der Waals surface area contributed by atoms with E-state index in [1.54, 1.807) is 0 Å². The zero-order valence-corrected chi connectivity index (χ0v) is 23.7. The molecule has 3 saturated heterocycles. The van der Waals surface area contributed by atoms with Crippen LogP contribution >= 0.6 is 0 Å². The van der Waals surface area contributed by atoms with E-state index in [1.165, 1.54) is 32.9 Å². The van der Waals surface area contributed by atoms with Crippen LogP contribution in [0.5, 0.6) is 6.01 Å². The number of ether oxygens (including phenoxy) is 3. The third-order valence-corrected chi connectivity index (χ3v) is 8.09. The van der Waals surface area contributed by atoms with Gasteiger partial charge in [-0.2, -0.15) is 23.1 Å². The first-order valence-electron chi connectivity index (χ1n) is 14.1. The lowest BCUT2D eigenvalue weighted by Gasteiger charge is -2.31. The number of methoxy groups -OCH3 is 1. The van der Waals surface area contributed by atoms with Crippen molar-refractivity contribution < 1.29 is 31.8 Å². The van der Waals surface area contributed by atoms with Crippen LogP contribution in [-0.4, -0.2) is 78.6 Å². The predicted octanol–water partition coefficient (Wildman–Crippen LogP) is 4.27. The van der Waals surface area contributed by atoms with Crippen molar-refractivity contribution in [2.45, 2.75) is 70.6 Å². The van der Waals surface area contributed by atoms with Gasteiger partial charge in [0.1, 0.15) is 23.9 Å². The molecule has 0 bridgehead atoms. The van der Waals surface area contributed by atoms with Crippen molar-refractivity contribution in [2.24, 2.45) is 5.92 Å². The molecule has 0 saturated carbocycles. The van der Waals surface area contributed by atoms with Crippen LogP contribution in [0.1, 0.15) is 60.4 Å². The molecule has 6 heterocycles. The number of pyridine rings is 1. The van der Waals surface area contributed by atoms with E-state index in [2.05, 4.69) is 31.7 Å². The van der Waals surface area contributed by atoms with Crippen LogP contribution in [0.25, 0.3) is 0 Å². The fourth-order valence-corrected chi connectivity index (χ4v) is 6.28. The van der Waals surface area contributed by atoms with Gasteiger partial charge in [-0.3, -0.25) is 4.90 Å². The van der Waals surface area contributed by atoms with Gasteiger partial charge in [-0.25, -0.2) is 9.37 Å². The van der Waals surface area contributed by atoms with Crippen molar-refractivity contribution in [3.05, 3.63) is 34.1 Å². The second-order valence-electron chi connectivity index (χ2n) is 11.3. The number of aryl methyl sites for hydroxylation is 1. The summed E-state index contributed by atoms with van der Waals surface area (Å²) < 4.78 is 70.8. The third kappa shape index (κ3) is 6.67. The van der Waals surface area contributed by atoms with Crippen molar-refractivity contribution in [1.29, 1.82) is 0 Å². The Morgan fingerprint density at radius 1 is 1.15 bits per heavy atom. The van der Waals surface area contributed by atoms with Gasteiger partial charge in [-0.1, -0.05) is 6.92 Å². The van der Waals surface area contributed by atoms with E-state index in [1.807, 2.05) is 0 Å². The molecule has 6 rings (SSSR count). The van der Waals surface area contributed by atoms with E-state index >= 15 is 0 Å². The van der Waals surface area contributed by atoms with Crippen LogP contribution < -0.4 is 15.4 Å². The smallest absolute Gasteiger partial charge is 0.418 e. The highest BCUT2D eigenvalue weighted by atomic mass is 19.4. The molecule has 41 heavy (non-hydrogen) atoms. The first kappa shape index (κ1) is 29.7. The highest BCUT2D eigenvalue weighted by Crippen LogP contribution is 2.41. The zero-order chi connectivity index (χ0) is 29.3. The molecule has 4 unspecified atom stereocenters. The van der Waals surface area contributed by atoms with E-state index in [9.17, 15) is 17.6 Å². The topological polar surface area (TPSA) is 98.9 Å². The fourth-order valence-electron chi connectivity index (χ4n) is 6.28. The fraction of sp³-hybridized carbons (Fsp3) is 0.679. The molecule has 4 aliphatic heterocycles. The molecule has 2 N–H and O–H groups in total. The quantitative estimate of drug-likeness (QED) is 0.532. The molecular weight excluding hydrogens is 544 g/mol. The van der Waals surface area contributed by atoms with Gasteiger partial charge in [0.25, 0.3) is 0 Å². The van der Waals surface area contributed by atoms with Crippen LogP contribution in [0.2, 0.25) is 0 Å². The lowest BCUT2D eigenvalue weighted by atomic mass is 9.96. The molecule has 0 aliphatic carbocycles. The average molecular weight is 583 g/mol. The maximum atomic E-state index is 13.8. The SMILES string of the molecule is COc1nc2c(c(N3CCOCC(C)C3)n1)COC(c1nc(N)cc(C)c1C(F)(F)F)C2.FC1CC2CCCN2C1. The van der Waals surface area contributed by atoms with Gasteiger partial charge in [0.2, 0.25) is 0 Å². The molecular formula is C28H38F4N6O3. The maximum absolute atomic E-state index is 13.8. The Bertz CT molecular complexity index is 1220. The van der Waals surface area contributed by atoms with E-state index < -0.39 is 24.0 Å². The van der Waals surface area contributed by atoms with Gasteiger partial charge in [0.15, 0.2) is 0 Å². The number of nitrogens with zero attached hydrogens (tertiary/aromatic N) is 5. The molecule has 3 fully saturated rings. The number of aromatic nitrogens is 3. The highest BCUT2D eigenvalue weighted by Gasteiger charge is 2.40. The number of fused-ring (bicyclic) bond motifs is 2. The van der Waals surface area contributed by atoms with Crippen LogP contribution in [0.3, 0.4) is 0 Å². The maximum Gasteiger partial charge on any atom is 0.418 e. The zero-order valence-electron chi connectivity index (χ0n) is 23.7. The summed E-state index contributed by atoms with van der Waals surface area (Å²) in [4.78, 5) is 17.3. The summed E-state index contributed by atoms with van der Waals surface area (Å²) in [6.45, 7) is 7.93. The molecule has 0 aromatic carbocycles. The second-order valence-corrected chi connectivity index (χ2v) is 11.3. The van der Waals surface area contributed by atoms with Crippen LogP contribution in [-0.2, 0) is 28.7 Å². The predicted molar refractivity (Wildman–Crippen MR) is 145 cm³/mol. The molecule has 2 aromatic rings. The summed E-state index contributed by atoms with van der Waals surface area (Å²) in [6, 6.07) is 1.99. The Morgan fingerprint density at radius 2 is 1.95 bits per heavy atom. The average Bonchev–Trinajstić information content (AvgIpc) is 3.41. The minimum absolute atomic E-state index is 0.00825. The summed E-state index contributed by atoms with van der Waals surface area (Å²) in [6.07, 6.45) is -2.62. The standard InChI is InChI=1S/C21H26F3N5O3.C7H12FN/c1-11-8-29(4-5-31-9-11)19-13-10-32-15(7-14(13)26-20(28-19)30-3)18-17(21(22,23)24)12(2)6-16(25)27-18;8-6-4-7-2-1-3-9(7)5-6/h6,11,15H,4-5,7-10H2,1-3H3,(H2,25,27);6-7H,1-5H2. The lowest BCUT2D eigenvalue weighted by molar-refractivity contribution is -0.140. The van der Waals surface area contributed by atoms with E-state index in [4.69, 9.17) is 19.9 Å². The van der Waals surface area contributed by atoms with Crippen molar-refractivity contribution >= 4 is 11.6 Å². The highest BCUT2D eigenvalue weighted by molar-refractivity contribution is 5.52. The van der Waals surface area contributed by atoms with Crippen LogP contribution in [0, 0.1) is 12.8 Å². The van der Waals surface area contributed by atoms with Gasteiger partial charge >= 0.3 is 12.2 Å². The van der Waals surface area contributed by atoms with E-state index in [0.717, 1.165) is 25.1 Å². The van der Waals surface area contributed by atoms with Gasteiger partial charge in [0, 0.05) is 37.7 Å². The minimum Gasteiger partial charge on any atom is -0.467 e. The number of nitrogens with two attached hydrogens (primary N) is 1. The van der Waals surface area contributed by atoms with Crippen LogP contribution in [0.4, 0.5) is 29.2 Å². The van der Waals surface area contributed by atoms with Crippen molar-refractivity contribution in [3.63, 3.8) is 0 Å². The summed E-state index contributed by atoms with van der Waals surface area (Å²) in [5.74, 6) is 0.968. The van der Waals surface area contributed by atoms with Crippen molar-refractivity contribution in [1.82, 2.24) is 19.9 Å². The summed E-state index contributed by atoms with van der Waals surface area (Å²) in [5.41, 5.74) is 6.05. The molecule has 4 atom stereocenters. The van der Waals surface area contributed by atoms with Gasteiger partial charge in [-0.15, -0.1) is 0 Å². The second kappa shape index (κ2) is 12.2. The van der Waals surface area contributed by atoms with Gasteiger partial charge in [-0.05, 0) is 50.3 Å². The Labute approximate surface area is 237 Å². The Morgan fingerprint density at radius 3 is 2.68 bits per heavy atom. The van der Waals surface area contributed by atoms with Crippen LogP contribution in [0.15, 0.2) is 6.07 Å². The number of halogens is 4.